The van der Waals surface area contributed by atoms with E-state index in [1.54, 1.807) is 7.11 Å². The molecule has 1 heterocycles. The monoisotopic (exact) mass is 376 g/mol. The Morgan fingerprint density at radius 2 is 2.38 bits per heavy atom. The van der Waals surface area contributed by atoms with Crippen LogP contribution in [0.3, 0.4) is 0 Å². The van der Waals surface area contributed by atoms with Crippen molar-refractivity contribution in [1.82, 2.24) is 0 Å². The molecule has 1 fully saturated rings. The predicted octanol–water partition coefficient (Wildman–Crippen LogP) is 1.12. The first-order chi connectivity index (χ1) is 6.24. The summed E-state index contributed by atoms with van der Waals surface area (Å²) >= 11 is -1.58. The molecule has 0 N–H and O–H groups in total. The van der Waals surface area contributed by atoms with E-state index in [1.807, 2.05) is 0 Å². The van der Waals surface area contributed by atoms with Gasteiger partial charge in [0.25, 0.3) is 0 Å². The van der Waals surface area contributed by atoms with Crippen molar-refractivity contribution in [1.29, 1.82) is 0 Å². The number of carbonyl (C=O) groups is 1. The topological polar surface area (TPSA) is 44.8 Å². The van der Waals surface area contributed by atoms with Gasteiger partial charge in [-0.05, 0) is 0 Å². The number of methoxy groups -OCH3 is 1. The summed E-state index contributed by atoms with van der Waals surface area (Å²) in [6.07, 6.45) is 2.04. The van der Waals surface area contributed by atoms with Crippen molar-refractivity contribution in [3.05, 3.63) is 0 Å². The van der Waals surface area contributed by atoms with Crippen molar-refractivity contribution in [2.24, 2.45) is 0 Å². The van der Waals surface area contributed by atoms with Crippen molar-refractivity contribution in [2.75, 3.05) is 13.7 Å². The minimum absolute atomic E-state index is 0.116. The second kappa shape index (κ2) is 5.93. The van der Waals surface area contributed by atoms with Crippen molar-refractivity contribution in [3.63, 3.8) is 0 Å². The van der Waals surface area contributed by atoms with Gasteiger partial charge >= 0.3 is 91.1 Å². The molecule has 2 unspecified atom stereocenters. The van der Waals surface area contributed by atoms with E-state index in [-0.39, 0.29) is 12.3 Å². The molecule has 2 atom stereocenters. The minimum atomic E-state index is -1.58. The van der Waals surface area contributed by atoms with Gasteiger partial charge in [0, 0.05) is 0 Å². The molecular formula is C8H14HgO4. The third-order valence-electron chi connectivity index (χ3n) is 2.12. The fourth-order valence-corrected chi connectivity index (χ4v) is 6.87. The molecule has 0 aliphatic carbocycles. The number of hydrogen-bond acceptors (Lipinski definition) is 4. The van der Waals surface area contributed by atoms with Crippen LogP contribution in [-0.2, 0) is 41.9 Å². The first-order valence-corrected chi connectivity index (χ1v) is 9.93. The molecule has 0 aromatic heterocycles. The fourth-order valence-electron chi connectivity index (χ4n) is 1.46. The Balaban J connectivity index is 2.31. The molecule has 0 spiro atoms. The average molecular weight is 375 g/mol. The quantitative estimate of drug-likeness (QED) is 0.694. The van der Waals surface area contributed by atoms with Crippen LogP contribution in [0.2, 0.25) is 3.43 Å². The SMILES string of the molecule is COC1OCCC[CH]1[Hg][O]C(C)=O. The Kier molecular flexibility index (Phi) is 5.20. The van der Waals surface area contributed by atoms with Crippen molar-refractivity contribution in [3.8, 4) is 0 Å². The Bertz CT molecular complexity index is 174. The number of rotatable bonds is 3. The van der Waals surface area contributed by atoms with Gasteiger partial charge in [0.2, 0.25) is 0 Å². The van der Waals surface area contributed by atoms with E-state index >= 15 is 0 Å². The molecular weight excluding hydrogens is 361 g/mol. The molecule has 1 saturated heterocycles. The van der Waals surface area contributed by atoms with Gasteiger partial charge in [0.15, 0.2) is 0 Å². The van der Waals surface area contributed by atoms with E-state index in [4.69, 9.17) is 12.1 Å². The summed E-state index contributed by atoms with van der Waals surface area (Å²) in [6.45, 7) is 2.23. The molecule has 0 radical (unpaired) electrons. The van der Waals surface area contributed by atoms with Crippen molar-refractivity contribution in [2.45, 2.75) is 29.5 Å². The van der Waals surface area contributed by atoms with Gasteiger partial charge in [-0.1, -0.05) is 0 Å². The molecule has 0 amide bonds. The zero-order valence-corrected chi connectivity index (χ0v) is 13.6. The fraction of sp³-hybridized carbons (Fsp3) is 0.875. The summed E-state index contributed by atoms with van der Waals surface area (Å²) in [5, 5.41) is 0. The van der Waals surface area contributed by atoms with Crippen LogP contribution >= 0.6 is 0 Å². The van der Waals surface area contributed by atoms with E-state index in [2.05, 4.69) is 0 Å². The summed E-state index contributed by atoms with van der Waals surface area (Å²) < 4.78 is 16.1. The molecule has 0 aromatic carbocycles. The summed E-state index contributed by atoms with van der Waals surface area (Å²) in [6, 6.07) is 0. The van der Waals surface area contributed by atoms with Gasteiger partial charge in [-0.15, -0.1) is 0 Å². The second-order valence-corrected chi connectivity index (χ2v) is 9.67. The van der Waals surface area contributed by atoms with Crippen LogP contribution in [0.25, 0.3) is 0 Å². The van der Waals surface area contributed by atoms with Gasteiger partial charge in [-0.2, -0.15) is 0 Å². The van der Waals surface area contributed by atoms with Crippen LogP contribution in [0.15, 0.2) is 0 Å². The van der Waals surface area contributed by atoms with Crippen molar-refractivity contribution >= 4 is 5.97 Å². The number of carbonyl (C=O) groups excluding carboxylic acids is 1. The predicted molar refractivity (Wildman–Crippen MR) is 41.5 cm³/mol. The first-order valence-electron chi connectivity index (χ1n) is 4.52. The molecule has 0 aromatic rings. The number of ether oxygens (including phenoxy) is 2. The van der Waals surface area contributed by atoms with E-state index in [9.17, 15) is 4.79 Å². The Labute approximate surface area is 91.0 Å². The number of hydrogen-bond donors (Lipinski definition) is 0. The van der Waals surface area contributed by atoms with E-state index in [0.29, 0.717) is 3.43 Å². The third-order valence-corrected chi connectivity index (χ3v) is 9.10. The molecule has 13 heavy (non-hydrogen) atoms. The summed E-state index contributed by atoms with van der Waals surface area (Å²) in [5.41, 5.74) is 0. The zero-order chi connectivity index (χ0) is 9.68. The standard InChI is InChI=1S/C6H11O2.C2H4O2.Hg/c1-7-6-4-2-3-5-8-6;1-2(3)4;/h4,6H,2-3,5H2,1H3;1H3,(H,3,4);/q;;+1/p-1. The van der Waals surface area contributed by atoms with E-state index in [1.165, 1.54) is 6.92 Å². The summed E-state index contributed by atoms with van der Waals surface area (Å²) in [5.74, 6) is -0.151. The Hall–Kier alpha value is 0.325. The summed E-state index contributed by atoms with van der Waals surface area (Å²) in [4.78, 5) is 10.6. The maximum atomic E-state index is 10.6. The van der Waals surface area contributed by atoms with Gasteiger partial charge in [-0.3, -0.25) is 0 Å². The Morgan fingerprint density at radius 3 is 3.00 bits per heavy atom. The van der Waals surface area contributed by atoms with Crippen LogP contribution < -0.4 is 0 Å². The van der Waals surface area contributed by atoms with Crippen LogP contribution in [-0.4, -0.2) is 26.0 Å². The van der Waals surface area contributed by atoms with Crippen LogP contribution in [0, 0.1) is 0 Å². The Morgan fingerprint density at radius 1 is 1.62 bits per heavy atom. The maximum absolute atomic E-state index is 10.6. The normalized spacial score (nSPS) is 27.8. The average Bonchev–Trinajstić information content (AvgIpc) is 2.15. The molecule has 72 valence electrons. The molecule has 1 aliphatic heterocycles. The van der Waals surface area contributed by atoms with Gasteiger partial charge in [0.05, 0.1) is 0 Å². The third kappa shape index (κ3) is 3.91. The van der Waals surface area contributed by atoms with Crippen molar-refractivity contribution < 1.29 is 41.9 Å². The van der Waals surface area contributed by atoms with Gasteiger partial charge < -0.3 is 0 Å². The van der Waals surface area contributed by atoms with Crippen LogP contribution in [0.4, 0.5) is 0 Å². The molecule has 0 bridgehead atoms. The van der Waals surface area contributed by atoms with E-state index < -0.39 is 25.0 Å². The molecule has 1 rings (SSSR count). The summed E-state index contributed by atoms with van der Waals surface area (Å²) in [7, 11) is 1.64. The molecule has 0 saturated carbocycles. The van der Waals surface area contributed by atoms with Gasteiger partial charge in [0.1, 0.15) is 0 Å². The van der Waals surface area contributed by atoms with E-state index in [0.717, 1.165) is 19.4 Å². The van der Waals surface area contributed by atoms with Crippen LogP contribution in [0.5, 0.6) is 0 Å². The zero-order valence-electron chi connectivity index (χ0n) is 8.12. The second-order valence-electron chi connectivity index (χ2n) is 3.18. The molecule has 5 heteroatoms. The first kappa shape index (κ1) is 11.4. The molecule has 4 nitrogen and oxygen atoms in total. The van der Waals surface area contributed by atoms with Gasteiger partial charge in [-0.25, -0.2) is 0 Å². The van der Waals surface area contributed by atoms with Crippen LogP contribution in [0.1, 0.15) is 19.8 Å². The molecule has 1 aliphatic rings.